The summed E-state index contributed by atoms with van der Waals surface area (Å²) in [5.41, 5.74) is 9.00. The minimum atomic E-state index is 0.200. The lowest BCUT2D eigenvalue weighted by Crippen LogP contribution is -2.09. The molecule has 2 aromatic rings. The van der Waals surface area contributed by atoms with Crippen molar-refractivity contribution in [3.8, 4) is 0 Å². The average Bonchev–Trinajstić information content (AvgIpc) is 2.47. The number of aryl methyl sites for hydroxylation is 1. The van der Waals surface area contributed by atoms with E-state index in [4.69, 9.17) is 5.73 Å². The van der Waals surface area contributed by atoms with E-state index < -0.39 is 0 Å². The highest BCUT2D eigenvalue weighted by Crippen LogP contribution is 2.18. The quantitative estimate of drug-likeness (QED) is 0.863. The van der Waals surface area contributed by atoms with Gasteiger partial charge < -0.3 is 11.1 Å². The average molecular weight is 256 g/mol. The molecule has 100 valence electrons. The fourth-order valence-electron chi connectivity index (χ4n) is 1.92. The number of anilines is 1. The molecule has 1 aromatic carbocycles. The van der Waals surface area contributed by atoms with Crippen LogP contribution in [-0.4, -0.2) is 9.97 Å². The molecule has 0 aliphatic rings. The van der Waals surface area contributed by atoms with Crippen molar-refractivity contribution >= 4 is 5.82 Å². The first-order valence-electron chi connectivity index (χ1n) is 6.59. The second-order valence-corrected chi connectivity index (χ2v) is 4.56. The second-order valence-electron chi connectivity index (χ2n) is 4.56. The summed E-state index contributed by atoms with van der Waals surface area (Å²) in [5.74, 6) is 0.863. The molecule has 4 nitrogen and oxygen atoms in total. The smallest absolute Gasteiger partial charge is 0.130 e. The molecule has 1 atom stereocenters. The van der Waals surface area contributed by atoms with E-state index >= 15 is 0 Å². The van der Waals surface area contributed by atoms with Crippen LogP contribution in [-0.2, 0) is 13.0 Å². The number of rotatable bonds is 5. The Hall–Kier alpha value is -1.94. The SMILES string of the molecule is CCc1cc(NC(C)c2ccc(CN)cc2)ncn1. The van der Waals surface area contributed by atoms with Gasteiger partial charge in [0, 0.05) is 24.3 Å². The van der Waals surface area contributed by atoms with E-state index in [2.05, 4.69) is 53.4 Å². The van der Waals surface area contributed by atoms with Gasteiger partial charge in [-0.2, -0.15) is 0 Å². The van der Waals surface area contributed by atoms with Crippen LogP contribution in [0.1, 0.15) is 36.7 Å². The van der Waals surface area contributed by atoms with Gasteiger partial charge in [-0.1, -0.05) is 31.2 Å². The Balaban J connectivity index is 2.08. The first kappa shape index (κ1) is 13.5. The van der Waals surface area contributed by atoms with Crippen LogP contribution in [0.15, 0.2) is 36.7 Å². The van der Waals surface area contributed by atoms with E-state index in [1.54, 1.807) is 6.33 Å². The van der Waals surface area contributed by atoms with Crippen LogP contribution in [0.5, 0.6) is 0 Å². The van der Waals surface area contributed by atoms with Crippen LogP contribution in [0.2, 0.25) is 0 Å². The van der Waals surface area contributed by atoms with Crippen molar-refractivity contribution in [3.05, 3.63) is 53.5 Å². The largest absolute Gasteiger partial charge is 0.363 e. The lowest BCUT2D eigenvalue weighted by atomic mass is 10.1. The molecule has 1 unspecified atom stereocenters. The van der Waals surface area contributed by atoms with Gasteiger partial charge in [0.1, 0.15) is 12.1 Å². The van der Waals surface area contributed by atoms with Gasteiger partial charge in [-0.3, -0.25) is 0 Å². The highest BCUT2D eigenvalue weighted by Gasteiger charge is 2.06. The molecule has 0 radical (unpaired) electrons. The maximum Gasteiger partial charge on any atom is 0.130 e. The normalized spacial score (nSPS) is 12.2. The van der Waals surface area contributed by atoms with Crippen molar-refractivity contribution in [2.24, 2.45) is 5.73 Å². The summed E-state index contributed by atoms with van der Waals surface area (Å²) in [7, 11) is 0. The van der Waals surface area contributed by atoms with Crippen molar-refractivity contribution in [2.45, 2.75) is 32.9 Å². The molecule has 0 spiro atoms. The highest BCUT2D eigenvalue weighted by atomic mass is 15.0. The summed E-state index contributed by atoms with van der Waals surface area (Å²) in [5, 5.41) is 3.39. The molecule has 0 fully saturated rings. The van der Waals surface area contributed by atoms with Gasteiger partial charge in [0.2, 0.25) is 0 Å². The molecule has 0 aliphatic carbocycles. The van der Waals surface area contributed by atoms with Gasteiger partial charge >= 0.3 is 0 Å². The molecular formula is C15H20N4. The highest BCUT2D eigenvalue weighted by molar-refractivity contribution is 5.39. The number of nitrogens with zero attached hydrogens (tertiary/aromatic N) is 2. The van der Waals surface area contributed by atoms with Crippen molar-refractivity contribution in [3.63, 3.8) is 0 Å². The molecule has 2 rings (SSSR count). The Bertz CT molecular complexity index is 522. The Kier molecular flexibility index (Phi) is 4.47. The number of hydrogen-bond acceptors (Lipinski definition) is 4. The lowest BCUT2D eigenvalue weighted by molar-refractivity contribution is 0.864. The summed E-state index contributed by atoms with van der Waals surface area (Å²) in [6, 6.07) is 10.5. The van der Waals surface area contributed by atoms with Crippen molar-refractivity contribution in [1.82, 2.24) is 9.97 Å². The maximum atomic E-state index is 5.60. The van der Waals surface area contributed by atoms with E-state index in [9.17, 15) is 0 Å². The van der Waals surface area contributed by atoms with Crippen LogP contribution in [0.25, 0.3) is 0 Å². The van der Waals surface area contributed by atoms with E-state index in [0.29, 0.717) is 6.54 Å². The van der Waals surface area contributed by atoms with Gasteiger partial charge in [-0.05, 0) is 24.5 Å². The third kappa shape index (κ3) is 3.51. The Morgan fingerprint density at radius 3 is 2.58 bits per heavy atom. The maximum absolute atomic E-state index is 5.60. The molecule has 0 aliphatic heterocycles. The topological polar surface area (TPSA) is 63.8 Å². The lowest BCUT2D eigenvalue weighted by Gasteiger charge is -2.15. The zero-order valence-electron chi connectivity index (χ0n) is 11.4. The van der Waals surface area contributed by atoms with Crippen LogP contribution in [0, 0.1) is 0 Å². The summed E-state index contributed by atoms with van der Waals surface area (Å²) in [6.45, 7) is 4.78. The summed E-state index contributed by atoms with van der Waals surface area (Å²) in [4.78, 5) is 8.44. The van der Waals surface area contributed by atoms with Gasteiger partial charge in [-0.15, -0.1) is 0 Å². The van der Waals surface area contributed by atoms with Crippen molar-refractivity contribution < 1.29 is 0 Å². The van der Waals surface area contributed by atoms with Gasteiger partial charge in [0.05, 0.1) is 0 Å². The van der Waals surface area contributed by atoms with E-state index in [0.717, 1.165) is 23.5 Å². The molecule has 3 N–H and O–H groups in total. The van der Waals surface area contributed by atoms with Crippen molar-refractivity contribution in [1.29, 1.82) is 0 Å². The first-order valence-corrected chi connectivity index (χ1v) is 6.59. The summed E-state index contributed by atoms with van der Waals surface area (Å²) >= 11 is 0. The molecular weight excluding hydrogens is 236 g/mol. The Morgan fingerprint density at radius 1 is 1.21 bits per heavy atom. The predicted octanol–water partition coefficient (Wildman–Crippen LogP) is 2.67. The third-order valence-corrected chi connectivity index (χ3v) is 3.17. The second kappa shape index (κ2) is 6.29. The van der Waals surface area contributed by atoms with E-state index in [1.165, 1.54) is 5.56 Å². The molecule has 0 saturated heterocycles. The molecule has 1 aromatic heterocycles. The molecule has 4 heteroatoms. The van der Waals surface area contributed by atoms with E-state index in [-0.39, 0.29) is 6.04 Å². The van der Waals surface area contributed by atoms with Crippen LogP contribution < -0.4 is 11.1 Å². The zero-order valence-corrected chi connectivity index (χ0v) is 11.4. The number of hydrogen-bond donors (Lipinski definition) is 2. The molecule has 0 saturated carbocycles. The van der Waals surface area contributed by atoms with Gasteiger partial charge in [-0.25, -0.2) is 9.97 Å². The number of aromatic nitrogens is 2. The zero-order chi connectivity index (χ0) is 13.7. The summed E-state index contributed by atoms with van der Waals surface area (Å²) < 4.78 is 0. The molecule has 0 amide bonds. The molecule has 0 bridgehead atoms. The van der Waals surface area contributed by atoms with Crippen molar-refractivity contribution in [2.75, 3.05) is 5.32 Å². The number of nitrogens with one attached hydrogen (secondary N) is 1. The van der Waals surface area contributed by atoms with Gasteiger partial charge in [0.15, 0.2) is 0 Å². The minimum absolute atomic E-state index is 0.200. The fourth-order valence-corrected chi connectivity index (χ4v) is 1.92. The minimum Gasteiger partial charge on any atom is -0.363 e. The fraction of sp³-hybridized carbons (Fsp3) is 0.333. The standard InChI is InChI=1S/C15H20N4/c1-3-14-8-15(18-10-17-14)19-11(2)13-6-4-12(9-16)5-7-13/h4-8,10-11H,3,9,16H2,1-2H3,(H,17,18,19). The monoisotopic (exact) mass is 256 g/mol. The first-order chi connectivity index (χ1) is 9.22. The predicted molar refractivity (Wildman–Crippen MR) is 77.8 cm³/mol. The van der Waals surface area contributed by atoms with Crippen LogP contribution in [0.4, 0.5) is 5.82 Å². The third-order valence-electron chi connectivity index (χ3n) is 3.17. The molecule has 19 heavy (non-hydrogen) atoms. The van der Waals surface area contributed by atoms with Gasteiger partial charge in [0.25, 0.3) is 0 Å². The van der Waals surface area contributed by atoms with Crippen LogP contribution >= 0.6 is 0 Å². The summed E-state index contributed by atoms with van der Waals surface area (Å²) in [6.07, 6.45) is 2.52. The van der Waals surface area contributed by atoms with Crippen LogP contribution in [0.3, 0.4) is 0 Å². The Labute approximate surface area is 114 Å². The number of nitrogens with two attached hydrogens (primary N) is 1. The number of benzene rings is 1. The molecule has 1 heterocycles. The Morgan fingerprint density at radius 2 is 1.95 bits per heavy atom. The van der Waals surface area contributed by atoms with E-state index in [1.807, 2.05) is 6.07 Å².